The van der Waals surface area contributed by atoms with Gasteiger partial charge in [0.2, 0.25) is 0 Å². The van der Waals surface area contributed by atoms with Crippen molar-refractivity contribution in [3.63, 3.8) is 0 Å². The first-order valence-electron chi connectivity index (χ1n) is 5.21. The molecule has 0 aliphatic rings. The normalized spacial score (nSPS) is 10.6. The number of hydrogen-bond donors (Lipinski definition) is 3. The van der Waals surface area contributed by atoms with Crippen LogP contribution in [0.25, 0.3) is 10.9 Å². The van der Waals surface area contributed by atoms with Crippen molar-refractivity contribution in [3.8, 4) is 0 Å². The predicted molar refractivity (Wildman–Crippen MR) is 64.8 cm³/mol. The van der Waals surface area contributed by atoms with Crippen molar-refractivity contribution in [2.24, 2.45) is 0 Å². The standard InChI is InChI=1S/C12H10N4O/c17-12(15-11-5-6-14-16-11)9-7-13-10-4-2-1-3-8(9)10/h1-7,13H,(H2,14,15,16,17). The molecule has 5 nitrogen and oxygen atoms in total. The molecule has 17 heavy (non-hydrogen) atoms. The zero-order valence-electron chi connectivity index (χ0n) is 8.90. The number of carbonyl (C=O) groups excluding carboxylic acids is 1. The van der Waals surface area contributed by atoms with Crippen LogP contribution in [0.2, 0.25) is 0 Å². The molecule has 2 heterocycles. The minimum Gasteiger partial charge on any atom is -0.360 e. The Balaban J connectivity index is 1.96. The average Bonchev–Trinajstić information content (AvgIpc) is 2.96. The molecule has 0 spiro atoms. The van der Waals surface area contributed by atoms with Gasteiger partial charge in [-0.1, -0.05) is 18.2 Å². The van der Waals surface area contributed by atoms with Crippen molar-refractivity contribution in [2.45, 2.75) is 0 Å². The second-order valence-electron chi connectivity index (χ2n) is 3.67. The van der Waals surface area contributed by atoms with Crippen LogP contribution in [0.4, 0.5) is 5.82 Å². The Bertz CT molecular complexity index is 654. The van der Waals surface area contributed by atoms with Crippen molar-refractivity contribution in [1.29, 1.82) is 0 Å². The number of benzene rings is 1. The van der Waals surface area contributed by atoms with Crippen LogP contribution in [0, 0.1) is 0 Å². The number of H-pyrrole nitrogens is 2. The molecule has 5 heteroatoms. The molecule has 3 rings (SSSR count). The van der Waals surface area contributed by atoms with Gasteiger partial charge in [-0.25, -0.2) is 0 Å². The van der Waals surface area contributed by atoms with Gasteiger partial charge in [-0.05, 0) is 6.07 Å². The third kappa shape index (κ3) is 1.67. The maximum Gasteiger partial charge on any atom is 0.258 e. The summed E-state index contributed by atoms with van der Waals surface area (Å²) in [5, 5.41) is 10.1. The van der Waals surface area contributed by atoms with E-state index in [4.69, 9.17) is 0 Å². The Morgan fingerprint density at radius 3 is 2.94 bits per heavy atom. The number of hydrogen-bond acceptors (Lipinski definition) is 2. The molecule has 0 aliphatic carbocycles. The fraction of sp³-hybridized carbons (Fsp3) is 0. The first-order valence-corrected chi connectivity index (χ1v) is 5.21. The molecule has 0 radical (unpaired) electrons. The Morgan fingerprint density at radius 1 is 1.24 bits per heavy atom. The Hall–Kier alpha value is -2.56. The fourth-order valence-electron chi connectivity index (χ4n) is 1.77. The fourth-order valence-corrected chi connectivity index (χ4v) is 1.77. The summed E-state index contributed by atoms with van der Waals surface area (Å²) < 4.78 is 0. The number of amides is 1. The van der Waals surface area contributed by atoms with Crippen LogP contribution in [-0.2, 0) is 0 Å². The minimum absolute atomic E-state index is 0.160. The van der Waals surface area contributed by atoms with Crippen molar-refractivity contribution in [3.05, 3.63) is 48.3 Å². The van der Waals surface area contributed by atoms with E-state index in [1.54, 1.807) is 18.5 Å². The molecule has 3 N–H and O–H groups in total. The molecular weight excluding hydrogens is 216 g/mol. The van der Waals surface area contributed by atoms with Gasteiger partial charge in [0.05, 0.1) is 11.8 Å². The van der Waals surface area contributed by atoms with E-state index in [2.05, 4.69) is 20.5 Å². The summed E-state index contributed by atoms with van der Waals surface area (Å²) >= 11 is 0. The number of nitrogens with zero attached hydrogens (tertiary/aromatic N) is 1. The molecule has 0 fully saturated rings. The number of carbonyl (C=O) groups is 1. The lowest BCUT2D eigenvalue weighted by molar-refractivity contribution is 0.102. The lowest BCUT2D eigenvalue weighted by Crippen LogP contribution is -2.11. The highest BCUT2D eigenvalue weighted by molar-refractivity contribution is 6.12. The summed E-state index contributed by atoms with van der Waals surface area (Å²) in [5.74, 6) is 0.423. The van der Waals surface area contributed by atoms with E-state index < -0.39 is 0 Å². The monoisotopic (exact) mass is 226 g/mol. The van der Waals surface area contributed by atoms with Crippen LogP contribution < -0.4 is 5.32 Å². The van der Waals surface area contributed by atoms with E-state index in [1.807, 2.05) is 24.3 Å². The smallest absolute Gasteiger partial charge is 0.258 e. The molecule has 1 amide bonds. The third-order valence-corrected chi connectivity index (χ3v) is 2.58. The van der Waals surface area contributed by atoms with Crippen molar-refractivity contribution in [1.82, 2.24) is 15.2 Å². The first kappa shape index (κ1) is 9.65. The van der Waals surface area contributed by atoms with E-state index in [9.17, 15) is 4.79 Å². The maximum atomic E-state index is 12.0. The highest BCUT2D eigenvalue weighted by atomic mass is 16.1. The van der Waals surface area contributed by atoms with Gasteiger partial charge in [-0.2, -0.15) is 5.10 Å². The van der Waals surface area contributed by atoms with Gasteiger partial charge in [-0.15, -0.1) is 0 Å². The summed E-state index contributed by atoms with van der Waals surface area (Å²) in [4.78, 5) is 15.1. The molecular formula is C12H10N4O. The van der Waals surface area contributed by atoms with Crippen molar-refractivity contribution >= 4 is 22.6 Å². The van der Waals surface area contributed by atoms with Crippen molar-refractivity contribution < 1.29 is 4.79 Å². The van der Waals surface area contributed by atoms with E-state index in [0.29, 0.717) is 11.4 Å². The summed E-state index contributed by atoms with van der Waals surface area (Å²) in [6.07, 6.45) is 3.29. The lowest BCUT2D eigenvalue weighted by Gasteiger charge is -2.00. The zero-order valence-corrected chi connectivity index (χ0v) is 8.90. The summed E-state index contributed by atoms with van der Waals surface area (Å²) in [6.45, 7) is 0. The second-order valence-corrected chi connectivity index (χ2v) is 3.67. The van der Waals surface area contributed by atoms with E-state index >= 15 is 0 Å². The molecule has 84 valence electrons. The highest BCUT2D eigenvalue weighted by Gasteiger charge is 2.11. The Kier molecular flexibility index (Phi) is 2.15. The summed E-state index contributed by atoms with van der Waals surface area (Å²) in [7, 11) is 0. The minimum atomic E-state index is -0.160. The Labute approximate surface area is 96.9 Å². The number of aromatic amines is 2. The van der Waals surface area contributed by atoms with Gasteiger partial charge >= 0.3 is 0 Å². The van der Waals surface area contributed by atoms with Crippen molar-refractivity contribution in [2.75, 3.05) is 5.32 Å². The number of fused-ring (bicyclic) bond motifs is 1. The molecule has 0 unspecified atom stereocenters. The largest absolute Gasteiger partial charge is 0.360 e. The lowest BCUT2D eigenvalue weighted by atomic mass is 10.1. The van der Waals surface area contributed by atoms with E-state index in [-0.39, 0.29) is 5.91 Å². The van der Waals surface area contributed by atoms with Crippen LogP contribution in [0.1, 0.15) is 10.4 Å². The molecule has 0 saturated carbocycles. The van der Waals surface area contributed by atoms with Crippen LogP contribution in [-0.4, -0.2) is 21.1 Å². The topological polar surface area (TPSA) is 73.6 Å². The number of nitrogens with one attached hydrogen (secondary N) is 3. The van der Waals surface area contributed by atoms with Gasteiger partial charge in [0.25, 0.3) is 5.91 Å². The third-order valence-electron chi connectivity index (χ3n) is 2.58. The first-order chi connectivity index (χ1) is 8.34. The van der Waals surface area contributed by atoms with Crippen LogP contribution in [0.15, 0.2) is 42.7 Å². The van der Waals surface area contributed by atoms with Crippen LogP contribution in [0.5, 0.6) is 0 Å². The quantitative estimate of drug-likeness (QED) is 0.626. The molecule has 2 aromatic heterocycles. The zero-order chi connectivity index (χ0) is 11.7. The number of rotatable bonds is 2. The molecule has 0 saturated heterocycles. The maximum absolute atomic E-state index is 12.0. The molecule has 0 aliphatic heterocycles. The Morgan fingerprint density at radius 2 is 2.12 bits per heavy atom. The average molecular weight is 226 g/mol. The van der Waals surface area contributed by atoms with E-state index in [1.165, 1.54) is 0 Å². The SMILES string of the molecule is O=C(Nc1ccn[nH]1)c1c[nH]c2ccccc12. The number of aromatic nitrogens is 3. The van der Waals surface area contributed by atoms with Gasteiger partial charge in [0, 0.05) is 23.2 Å². The molecule has 3 aromatic rings. The van der Waals surface area contributed by atoms with Crippen LogP contribution >= 0.6 is 0 Å². The van der Waals surface area contributed by atoms with E-state index in [0.717, 1.165) is 10.9 Å². The van der Waals surface area contributed by atoms with Gasteiger partial charge in [0.15, 0.2) is 0 Å². The number of anilines is 1. The van der Waals surface area contributed by atoms with Gasteiger partial charge in [-0.3, -0.25) is 9.89 Å². The molecule has 1 aromatic carbocycles. The molecule has 0 bridgehead atoms. The summed E-state index contributed by atoms with van der Waals surface area (Å²) in [5.41, 5.74) is 1.57. The number of para-hydroxylation sites is 1. The second kappa shape index (κ2) is 3.79. The summed E-state index contributed by atoms with van der Waals surface area (Å²) in [6, 6.07) is 9.38. The molecule has 0 atom stereocenters. The predicted octanol–water partition coefficient (Wildman–Crippen LogP) is 2.14. The van der Waals surface area contributed by atoms with Gasteiger partial charge in [0.1, 0.15) is 5.82 Å². The van der Waals surface area contributed by atoms with Crippen LogP contribution in [0.3, 0.4) is 0 Å². The van der Waals surface area contributed by atoms with Gasteiger partial charge < -0.3 is 10.3 Å². The highest BCUT2D eigenvalue weighted by Crippen LogP contribution is 2.18.